The third kappa shape index (κ3) is 3.63. The zero-order chi connectivity index (χ0) is 15.3. The molecule has 1 rings (SSSR count). The number of nitrogens with zero attached hydrogens (tertiary/aromatic N) is 1. The van der Waals surface area contributed by atoms with Gasteiger partial charge in [0.05, 0.1) is 18.7 Å². The molecule has 0 aliphatic heterocycles. The minimum absolute atomic E-state index is 0.0982. The van der Waals surface area contributed by atoms with Gasteiger partial charge in [-0.25, -0.2) is 0 Å². The van der Waals surface area contributed by atoms with E-state index >= 15 is 0 Å². The molecule has 0 saturated carbocycles. The van der Waals surface area contributed by atoms with Crippen LogP contribution < -0.4 is 15.8 Å². The smallest absolute Gasteiger partial charge is 0.253 e. The molecule has 0 aromatic heterocycles. The summed E-state index contributed by atoms with van der Waals surface area (Å²) < 4.78 is 5.05. The lowest BCUT2D eigenvalue weighted by molar-refractivity contribution is -0.124. The molecule has 0 saturated heterocycles. The van der Waals surface area contributed by atoms with Crippen molar-refractivity contribution in [2.24, 2.45) is 5.92 Å². The number of nitrogens with two attached hydrogens (primary N) is 1. The van der Waals surface area contributed by atoms with Crippen LogP contribution in [-0.4, -0.2) is 44.5 Å². The number of hydrogen-bond acceptors (Lipinski definition) is 4. The van der Waals surface area contributed by atoms with Crippen LogP contribution in [0.25, 0.3) is 0 Å². The minimum Gasteiger partial charge on any atom is -0.495 e. The largest absolute Gasteiger partial charge is 0.495 e. The molecule has 6 heteroatoms. The Morgan fingerprint density at radius 1 is 1.45 bits per heavy atom. The first-order chi connectivity index (χ1) is 9.40. The summed E-state index contributed by atoms with van der Waals surface area (Å²) in [4.78, 5) is 25.2. The molecule has 1 atom stereocenters. The van der Waals surface area contributed by atoms with Gasteiger partial charge in [-0.3, -0.25) is 9.59 Å². The number of methoxy groups -OCH3 is 1. The molecule has 3 N–H and O–H groups in total. The van der Waals surface area contributed by atoms with Gasteiger partial charge in [-0.05, 0) is 18.2 Å². The second-order valence-corrected chi connectivity index (χ2v) is 4.66. The lowest BCUT2D eigenvalue weighted by Gasteiger charge is -2.21. The van der Waals surface area contributed by atoms with Crippen molar-refractivity contribution >= 4 is 17.5 Å². The van der Waals surface area contributed by atoms with Gasteiger partial charge in [-0.2, -0.15) is 0 Å². The van der Waals surface area contributed by atoms with Crippen LogP contribution in [0, 0.1) is 5.92 Å². The van der Waals surface area contributed by atoms with Crippen LogP contribution in [0.4, 0.5) is 5.69 Å². The van der Waals surface area contributed by atoms with E-state index in [0.717, 1.165) is 0 Å². The van der Waals surface area contributed by atoms with E-state index in [4.69, 9.17) is 10.5 Å². The molecular formula is C14H21N3O3. The number of rotatable bonds is 5. The van der Waals surface area contributed by atoms with Crippen molar-refractivity contribution in [1.29, 1.82) is 0 Å². The predicted octanol–water partition coefficient (Wildman–Crippen LogP) is 0.731. The molecule has 1 aromatic rings. The zero-order valence-electron chi connectivity index (χ0n) is 12.3. The average molecular weight is 279 g/mol. The molecule has 0 aliphatic rings. The Balaban J connectivity index is 2.79. The first-order valence-electron chi connectivity index (χ1n) is 6.31. The molecule has 0 spiro atoms. The average Bonchev–Trinajstić information content (AvgIpc) is 2.45. The van der Waals surface area contributed by atoms with E-state index in [1.807, 2.05) is 0 Å². The highest BCUT2D eigenvalue weighted by Gasteiger charge is 2.19. The molecule has 0 radical (unpaired) electrons. The van der Waals surface area contributed by atoms with Crippen LogP contribution in [0.15, 0.2) is 18.2 Å². The van der Waals surface area contributed by atoms with Gasteiger partial charge in [0.2, 0.25) is 5.91 Å². The van der Waals surface area contributed by atoms with Crippen LogP contribution in [0.5, 0.6) is 5.75 Å². The fourth-order valence-corrected chi connectivity index (χ4v) is 1.91. The number of carbonyl (C=O) groups is 2. The molecule has 0 heterocycles. The molecule has 0 aliphatic carbocycles. The highest BCUT2D eigenvalue weighted by Crippen LogP contribution is 2.22. The van der Waals surface area contributed by atoms with Crippen molar-refractivity contribution in [3.05, 3.63) is 23.8 Å². The van der Waals surface area contributed by atoms with Gasteiger partial charge in [0.15, 0.2) is 0 Å². The quantitative estimate of drug-likeness (QED) is 0.778. The fourth-order valence-electron chi connectivity index (χ4n) is 1.91. The summed E-state index contributed by atoms with van der Waals surface area (Å²) in [5.41, 5.74) is 6.66. The highest BCUT2D eigenvalue weighted by atomic mass is 16.5. The summed E-state index contributed by atoms with van der Waals surface area (Å²) in [6.45, 7) is 2.11. The zero-order valence-corrected chi connectivity index (χ0v) is 12.3. The molecule has 110 valence electrons. The van der Waals surface area contributed by atoms with E-state index in [-0.39, 0.29) is 17.7 Å². The van der Waals surface area contributed by atoms with Crippen LogP contribution in [-0.2, 0) is 4.79 Å². The highest BCUT2D eigenvalue weighted by molar-refractivity contribution is 5.95. The maximum absolute atomic E-state index is 12.2. The van der Waals surface area contributed by atoms with Gasteiger partial charge in [0.1, 0.15) is 5.75 Å². The molecular weight excluding hydrogens is 258 g/mol. The topological polar surface area (TPSA) is 84.7 Å². The first-order valence-corrected chi connectivity index (χ1v) is 6.31. The number of nitrogens with one attached hydrogen (secondary N) is 1. The Bertz CT molecular complexity index is 502. The third-order valence-corrected chi connectivity index (χ3v) is 3.07. The van der Waals surface area contributed by atoms with Crippen molar-refractivity contribution in [3.8, 4) is 5.75 Å². The van der Waals surface area contributed by atoms with E-state index < -0.39 is 0 Å². The Morgan fingerprint density at radius 3 is 2.60 bits per heavy atom. The van der Waals surface area contributed by atoms with Crippen molar-refractivity contribution in [3.63, 3.8) is 0 Å². The number of benzene rings is 1. The molecule has 2 amide bonds. The molecule has 6 nitrogen and oxygen atoms in total. The Hall–Kier alpha value is -2.24. The van der Waals surface area contributed by atoms with Gasteiger partial charge in [0, 0.05) is 26.2 Å². The van der Waals surface area contributed by atoms with Gasteiger partial charge >= 0.3 is 0 Å². The number of carbonyl (C=O) groups excluding carboxylic acids is 2. The SMILES string of the molecule is CNC(=O)C(C)CN(C)C(=O)c1ccc(OC)c(N)c1. The van der Waals surface area contributed by atoms with Gasteiger partial charge in [-0.15, -0.1) is 0 Å². The van der Waals surface area contributed by atoms with E-state index in [9.17, 15) is 9.59 Å². The van der Waals surface area contributed by atoms with Gasteiger partial charge in [-0.1, -0.05) is 6.92 Å². The molecule has 0 fully saturated rings. The third-order valence-electron chi connectivity index (χ3n) is 3.07. The second-order valence-electron chi connectivity index (χ2n) is 4.66. The Morgan fingerprint density at radius 2 is 2.10 bits per heavy atom. The van der Waals surface area contributed by atoms with Gasteiger partial charge < -0.3 is 20.7 Å². The summed E-state index contributed by atoms with van der Waals surface area (Å²) in [6.07, 6.45) is 0. The summed E-state index contributed by atoms with van der Waals surface area (Å²) in [5.74, 6) is -0.0264. The maximum Gasteiger partial charge on any atom is 0.253 e. The molecule has 1 aromatic carbocycles. The number of amides is 2. The lowest BCUT2D eigenvalue weighted by Crippen LogP contribution is -2.37. The van der Waals surface area contributed by atoms with Gasteiger partial charge in [0.25, 0.3) is 5.91 Å². The van der Waals surface area contributed by atoms with Crippen molar-refractivity contribution in [2.75, 3.05) is 33.5 Å². The summed E-state index contributed by atoms with van der Waals surface area (Å²) >= 11 is 0. The standard InChI is InChI=1S/C14H21N3O3/c1-9(13(18)16-2)8-17(3)14(19)10-5-6-12(20-4)11(15)7-10/h5-7,9H,8,15H2,1-4H3,(H,16,18). The first kappa shape index (κ1) is 15.8. The Labute approximate surface area is 118 Å². The summed E-state index contributed by atoms with van der Waals surface area (Å²) in [6, 6.07) is 4.87. The fraction of sp³-hybridized carbons (Fsp3) is 0.429. The van der Waals surface area contributed by atoms with Crippen LogP contribution in [0.3, 0.4) is 0 Å². The minimum atomic E-state index is -0.274. The number of ether oxygens (including phenoxy) is 1. The normalized spacial score (nSPS) is 11.6. The summed E-state index contributed by atoms with van der Waals surface area (Å²) in [5, 5.41) is 2.56. The van der Waals surface area contributed by atoms with Crippen molar-refractivity contribution < 1.29 is 14.3 Å². The van der Waals surface area contributed by atoms with E-state index in [0.29, 0.717) is 23.5 Å². The van der Waals surface area contributed by atoms with Crippen LogP contribution in [0.1, 0.15) is 17.3 Å². The predicted molar refractivity (Wildman–Crippen MR) is 77.6 cm³/mol. The lowest BCUT2D eigenvalue weighted by atomic mass is 10.1. The van der Waals surface area contributed by atoms with E-state index in [1.165, 1.54) is 12.0 Å². The summed E-state index contributed by atoms with van der Waals surface area (Å²) in [7, 11) is 4.75. The molecule has 20 heavy (non-hydrogen) atoms. The second kappa shape index (κ2) is 6.79. The van der Waals surface area contributed by atoms with Crippen molar-refractivity contribution in [1.82, 2.24) is 10.2 Å². The molecule has 0 bridgehead atoms. The van der Waals surface area contributed by atoms with E-state index in [1.54, 1.807) is 39.2 Å². The number of nitrogen functional groups attached to an aromatic ring is 1. The monoisotopic (exact) mass is 279 g/mol. The van der Waals surface area contributed by atoms with Crippen LogP contribution >= 0.6 is 0 Å². The number of hydrogen-bond donors (Lipinski definition) is 2. The van der Waals surface area contributed by atoms with Crippen molar-refractivity contribution in [2.45, 2.75) is 6.92 Å². The Kier molecular flexibility index (Phi) is 5.37. The number of anilines is 1. The van der Waals surface area contributed by atoms with Crippen LogP contribution in [0.2, 0.25) is 0 Å². The molecule has 1 unspecified atom stereocenters. The maximum atomic E-state index is 12.2. The van der Waals surface area contributed by atoms with E-state index in [2.05, 4.69) is 5.32 Å².